The molecule has 0 spiro atoms. The van der Waals surface area contributed by atoms with Crippen molar-refractivity contribution in [3.63, 3.8) is 0 Å². The summed E-state index contributed by atoms with van der Waals surface area (Å²) in [4.78, 5) is 13.5. The number of nitrogens with zero attached hydrogens (tertiary/aromatic N) is 1. The Balaban J connectivity index is 2.03. The largest absolute Gasteiger partial charge is 0.467 e. The number of amides is 1. The zero-order chi connectivity index (χ0) is 15.1. The van der Waals surface area contributed by atoms with Gasteiger partial charge in [0.1, 0.15) is 11.9 Å². The number of aliphatic hydroxyl groups is 1. The molecule has 5 nitrogen and oxygen atoms in total. The van der Waals surface area contributed by atoms with Crippen LogP contribution in [0.1, 0.15) is 17.4 Å². The van der Waals surface area contributed by atoms with Gasteiger partial charge in [-0.2, -0.15) is 0 Å². The number of aliphatic hydroxyl groups excluding tert-OH is 1. The maximum Gasteiger partial charge on any atom is 0.233 e. The maximum atomic E-state index is 11.6. The monoisotopic (exact) mass is 288 g/mol. The van der Waals surface area contributed by atoms with E-state index in [2.05, 4.69) is 5.32 Å². The first-order valence-corrected chi connectivity index (χ1v) is 6.87. The summed E-state index contributed by atoms with van der Waals surface area (Å²) in [5.41, 5.74) is 1.09. The van der Waals surface area contributed by atoms with Gasteiger partial charge in [-0.1, -0.05) is 30.3 Å². The van der Waals surface area contributed by atoms with Crippen molar-refractivity contribution in [1.29, 1.82) is 0 Å². The van der Waals surface area contributed by atoms with Crippen LogP contribution < -0.4 is 5.32 Å². The Morgan fingerprint density at radius 2 is 2.05 bits per heavy atom. The molecule has 2 rings (SSSR count). The van der Waals surface area contributed by atoms with Crippen molar-refractivity contribution in [3.05, 3.63) is 60.1 Å². The van der Waals surface area contributed by atoms with Crippen molar-refractivity contribution in [1.82, 2.24) is 10.2 Å². The van der Waals surface area contributed by atoms with E-state index in [0.717, 1.165) is 5.56 Å². The van der Waals surface area contributed by atoms with Crippen LogP contribution in [0.2, 0.25) is 0 Å². The second kappa shape index (κ2) is 7.61. The standard InChI is InChI=1S/C16H20N2O3/c1-17-16(20)12-18(10-13-6-3-2-4-7-13)11-14(19)15-8-5-9-21-15/h2-9,14,19H,10-12H2,1H3,(H,17,20). The summed E-state index contributed by atoms with van der Waals surface area (Å²) in [5.74, 6) is 0.419. The summed E-state index contributed by atoms with van der Waals surface area (Å²) in [5, 5.41) is 12.8. The Morgan fingerprint density at radius 1 is 1.29 bits per heavy atom. The number of nitrogens with one attached hydrogen (secondary N) is 1. The molecule has 0 radical (unpaired) electrons. The molecule has 5 heteroatoms. The fraction of sp³-hybridized carbons (Fsp3) is 0.312. The number of carbonyl (C=O) groups is 1. The lowest BCUT2D eigenvalue weighted by Crippen LogP contribution is -2.37. The normalized spacial score (nSPS) is 12.3. The van der Waals surface area contributed by atoms with Crippen molar-refractivity contribution in [2.45, 2.75) is 12.6 Å². The first kappa shape index (κ1) is 15.3. The minimum atomic E-state index is -0.756. The molecule has 21 heavy (non-hydrogen) atoms. The summed E-state index contributed by atoms with van der Waals surface area (Å²) in [6, 6.07) is 13.3. The average molecular weight is 288 g/mol. The summed E-state index contributed by atoms with van der Waals surface area (Å²) in [6.45, 7) is 1.14. The lowest BCUT2D eigenvalue weighted by Gasteiger charge is -2.23. The SMILES string of the molecule is CNC(=O)CN(Cc1ccccc1)CC(O)c1ccco1. The number of hydrogen-bond acceptors (Lipinski definition) is 4. The number of likely N-dealkylation sites (N-methyl/N-ethyl adjacent to an activating group) is 1. The van der Waals surface area contributed by atoms with E-state index in [1.165, 1.54) is 6.26 Å². The molecule has 2 aromatic rings. The van der Waals surface area contributed by atoms with Crippen LogP contribution in [0.4, 0.5) is 0 Å². The molecule has 112 valence electrons. The number of benzene rings is 1. The van der Waals surface area contributed by atoms with Gasteiger partial charge in [-0.3, -0.25) is 9.69 Å². The quantitative estimate of drug-likeness (QED) is 0.811. The lowest BCUT2D eigenvalue weighted by atomic mass is 10.2. The van der Waals surface area contributed by atoms with Crippen LogP contribution in [-0.4, -0.2) is 36.1 Å². The predicted octanol–water partition coefficient (Wildman–Crippen LogP) is 1.56. The fourth-order valence-corrected chi connectivity index (χ4v) is 2.12. The molecule has 0 aliphatic heterocycles. The highest BCUT2D eigenvalue weighted by atomic mass is 16.4. The zero-order valence-electron chi connectivity index (χ0n) is 12.0. The zero-order valence-corrected chi connectivity index (χ0v) is 12.0. The van der Waals surface area contributed by atoms with Crippen LogP contribution in [0.25, 0.3) is 0 Å². The van der Waals surface area contributed by atoms with Crippen LogP contribution in [0.5, 0.6) is 0 Å². The van der Waals surface area contributed by atoms with Gasteiger partial charge in [0.15, 0.2) is 0 Å². The summed E-state index contributed by atoms with van der Waals surface area (Å²) >= 11 is 0. The minimum Gasteiger partial charge on any atom is -0.467 e. The fourth-order valence-electron chi connectivity index (χ4n) is 2.12. The van der Waals surface area contributed by atoms with Gasteiger partial charge in [-0.15, -0.1) is 0 Å². The Bertz CT molecular complexity index is 540. The minimum absolute atomic E-state index is 0.0856. The predicted molar refractivity (Wildman–Crippen MR) is 79.5 cm³/mol. The molecular formula is C16H20N2O3. The molecule has 0 aliphatic carbocycles. The van der Waals surface area contributed by atoms with E-state index in [1.807, 2.05) is 35.2 Å². The van der Waals surface area contributed by atoms with Crippen LogP contribution >= 0.6 is 0 Å². The Labute approximate surface area is 124 Å². The summed E-state index contributed by atoms with van der Waals surface area (Å²) in [6.07, 6.45) is 0.770. The van der Waals surface area contributed by atoms with Gasteiger partial charge in [0.25, 0.3) is 0 Å². The van der Waals surface area contributed by atoms with Crippen molar-refractivity contribution in [3.8, 4) is 0 Å². The third kappa shape index (κ3) is 4.73. The highest BCUT2D eigenvalue weighted by molar-refractivity contribution is 5.77. The maximum absolute atomic E-state index is 11.6. The lowest BCUT2D eigenvalue weighted by molar-refractivity contribution is -0.122. The smallest absolute Gasteiger partial charge is 0.233 e. The van der Waals surface area contributed by atoms with Crippen molar-refractivity contribution in [2.75, 3.05) is 20.1 Å². The number of hydrogen-bond donors (Lipinski definition) is 2. The molecule has 0 aliphatic rings. The van der Waals surface area contributed by atoms with Gasteiger partial charge < -0.3 is 14.8 Å². The van der Waals surface area contributed by atoms with Gasteiger partial charge >= 0.3 is 0 Å². The molecule has 1 aromatic carbocycles. The number of furan rings is 1. The molecule has 2 N–H and O–H groups in total. The van der Waals surface area contributed by atoms with E-state index in [0.29, 0.717) is 18.8 Å². The first-order chi connectivity index (χ1) is 10.2. The van der Waals surface area contributed by atoms with Crippen molar-refractivity contribution >= 4 is 5.91 Å². The van der Waals surface area contributed by atoms with Gasteiger partial charge in [0.2, 0.25) is 5.91 Å². The van der Waals surface area contributed by atoms with Crippen LogP contribution in [0.15, 0.2) is 53.1 Å². The molecule has 1 unspecified atom stereocenters. The Hall–Kier alpha value is -2.11. The van der Waals surface area contributed by atoms with Crippen LogP contribution in [0, 0.1) is 0 Å². The van der Waals surface area contributed by atoms with E-state index in [1.54, 1.807) is 19.2 Å². The van der Waals surface area contributed by atoms with Gasteiger partial charge in [-0.25, -0.2) is 0 Å². The molecule has 0 saturated carbocycles. The summed E-state index contributed by atoms with van der Waals surface area (Å²) < 4.78 is 5.20. The van der Waals surface area contributed by atoms with Crippen LogP contribution in [-0.2, 0) is 11.3 Å². The van der Waals surface area contributed by atoms with E-state index in [9.17, 15) is 9.90 Å². The third-order valence-electron chi connectivity index (χ3n) is 3.20. The molecule has 1 atom stereocenters. The molecule has 0 fully saturated rings. The number of rotatable bonds is 7. The Morgan fingerprint density at radius 3 is 2.67 bits per heavy atom. The highest BCUT2D eigenvalue weighted by Gasteiger charge is 2.18. The second-order valence-electron chi connectivity index (χ2n) is 4.86. The van der Waals surface area contributed by atoms with Crippen molar-refractivity contribution < 1.29 is 14.3 Å². The van der Waals surface area contributed by atoms with E-state index in [-0.39, 0.29) is 12.5 Å². The molecule has 1 heterocycles. The van der Waals surface area contributed by atoms with E-state index in [4.69, 9.17) is 4.42 Å². The second-order valence-corrected chi connectivity index (χ2v) is 4.86. The number of carbonyl (C=O) groups excluding carboxylic acids is 1. The van der Waals surface area contributed by atoms with Crippen LogP contribution in [0.3, 0.4) is 0 Å². The molecule has 1 aromatic heterocycles. The van der Waals surface area contributed by atoms with Gasteiger partial charge in [0.05, 0.1) is 12.8 Å². The van der Waals surface area contributed by atoms with Crippen molar-refractivity contribution in [2.24, 2.45) is 0 Å². The van der Waals surface area contributed by atoms with Gasteiger partial charge in [0, 0.05) is 20.1 Å². The molecule has 0 saturated heterocycles. The van der Waals surface area contributed by atoms with Gasteiger partial charge in [-0.05, 0) is 17.7 Å². The van der Waals surface area contributed by atoms with E-state index >= 15 is 0 Å². The molecule has 0 bridgehead atoms. The molecule has 1 amide bonds. The topological polar surface area (TPSA) is 65.7 Å². The Kier molecular flexibility index (Phi) is 5.54. The first-order valence-electron chi connectivity index (χ1n) is 6.87. The molecular weight excluding hydrogens is 268 g/mol. The average Bonchev–Trinajstić information content (AvgIpc) is 3.02. The summed E-state index contributed by atoms with van der Waals surface area (Å²) in [7, 11) is 1.60. The third-order valence-corrected chi connectivity index (χ3v) is 3.20. The highest BCUT2D eigenvalue weighted by Crippen LogP contribution is 2.16. The van der Waals surface area contributed by atoms with E-state index < -0.39 is 6.10 Å².